The Morgan fingerprint density at radius 3 is 2.48 bits per heavy atom. The number of nitrogens with zero attached hydrogens (tertiary/aromatic N) is 2. The number of hydrogen-bond acceptors (Lipinski definition) is 7. The fourth-order valence-corrected chi connectivity index (χ4v) is 8.16. The molecule has 8 nitrogen and oxygen atoms in total. The number of sulfone groups is 1. The maximum absolute atomic E-state index is 15.0. The van der Waals surface area contributed by atoms with Crippen molar-refractivity contribution >= 4 is 56.3 Å². The van der Waals surface area contributed by atoms with Crippen molar-refractivity contribution in [1.29, 1.82) is 0 Å². The number of morpholine rings is 1. The van der Waals surface area contributed by atoms with E-state index in [9.17, 15) is 23.1 Å². The monoisotopic (exact) mass is 682 g/mol. The Bertz CT molecular complexity index is 1700. The molecule has 0 spiro atoms. The molecule has 3 aromatic rings. The summed E-state index contributed by atoms with van der Waals surface area (Å²) >= 11 is 13.4. The Labute approximate surface area is 270 Å². The van der Waals surface area contributed by atoms with Gasteiger partial charge in [-0.25, -0.2) is 22.6 Å². The number of rotatable bonds is 9. The predicted octanol–water partition coefficient (Wildman–Crippen LogP) is 6.92. The molecule has 0 radical (unpaired) electrons. The molecule has 0 bridgehead atoms. The number of aromatic nitrogens is 1. The molecule has 236 valence electrons. The summed E-state index contributed by atoms with van der Waals surface area (Å²) in [4.78, 5) is 32.2. The first-order valence-corrected chi connectivity index (χ1v) is 17.3. The maximum Gasteiger partial charge on any atom is 0.347 e. The Kier molecular flexibility index (Phi) is 8.94. The zero-order valence-corrected chi connectivity index (χ0v) is 27.7. The van der Waals surface area contributed by atoms with Gasteiger partial charge in [0, 0.05) is 17.5 Å². The lowest BCUT2D eigenvalue weighted by Gasteiger charge is -2.52. The van der Waals surface area contributed by atoms with Crippen molar-refractivity contribution in [3.05, 3.63) is 85.5 Å². The Hall–Kier alpha value is -2.57. The summed E-state index contributed by atoms with van der Waals surface area (Å²) in [6.07, 6.45) is 1.71. The SMILES string of the molecule is CC1(Cc2ncc(C(=O)O)s2)OC(c2cccc(Cl)c2)C(c2ccc(Cl)c(F)c2)N(C(CS(=O)(=O)C(C)(C)C)C2CC2)C1=O. The second kappa shape index (κ2) is 12.0. The van der Waals surface area contributed by atoms with Gasteiger partial charge >= 0.3 is 5.97 Å². The predicted molar refractivity (Wildman–Crippen MR) is 168 cm³/mol. The summed E-state index contributed by atoms with van der Waals surface area (Å²) in [5, 5.41) is 10.1. The highest BCUT2D eigenvalue weighted by Gasteiger charge is 2.56. The molecule has 1 saturated carbocycles. The Morgan fingerprint density at radius 2 is 1.91 bits per heavy atom. The highest BCUT2D eigenvalue weighted by atomic mass is 35.5. The Balaban J connectivity index is 1.71. The van der Waals surface area contributed by atoms with Gasteiger partial charge in [-0.3, -0.25) is 4.79 Å². The highest BCUT2D eigenvalue weighted by Crippen LogP contribution is 2.51. The minimum Gasteiger partial charge on any atom is -0.477 e. The van der Waals surface area contributed by atoms with Crippen molar-refractivity contribution in [2.45, 2.75) is 75.5 Å². The molecule has 44 heavy (non-hydrogen) atoms. The number of hydrogen-bond donors (Lipinski definition) is 1. The molecular weight excluding hydrogens is 650 g/mol. The number of aromatic carboxylic acids is 1. The normalized spacial score (nSPS) is 23.5. The average molecular weight is 684 g/mol. The molecule has 4 atom stereocenters. The van der Waals surface area contributed by atoms with Crippen LogP contribution in [-0.2, 0) is 25.8 Å². The topological polar surface area (TPSA) is 114 Å². The number of thiazole rings is 1. The van der Waals surface area contributed by atoms with Crippen molar-refractivity contribution in [2.24, 2.45) is 5.92 Å². The van der Waals surface area contributed by atoms with Crippen LogP contribution in [0.4, 0.5) is 4.39 Å². The summed E-state index contributed by atoms with van der Waals surface area (Å²) < 4.78 is 48.0. The van der Waals surface area contributed by atoms with Crippen molar-refractivity contribution in [3.63, 3.8) is 0 Å². The molecule has 1 aliphatic carbocycles. The number of carbonyl (C=O) groups excluding carboxylic acids is 1. The zero-order valence-electron chi connectivity index (χ0n) is 24.6. The van der Waals surface area contributed by atoms with Gasteiger partial charge in [0.25, 0.3) is 5.91 Å². The molecule has 1 saturated heterocycles. The van der Waals surface area contributed by atoms with Crippen LogP contribution in [0, 0.1) is 11.7 Å². The molecule has 2 aromatic carbocycles. The second-order valence-electron chi connectivity index (χ2n) is 12.6. The number of ether oxygens (including phenoxy) is 1. The van der Waals surface area contributed by atoms with E-state index in [0.717, 1.165) is 24.2 Å². The lowest BCUT2D eigenvalue weighted by atomic mass is 9.85. The van der Waals surface area contributed by atoms with Crippen LogP contribution in [0.25, 0.3) is 0 Å². The van der Waals surface area contributed by atoms with Crippen LogP contribution in [0.3, 0.4) is 0 Å². The summed E-state index contributed by atoms with van der Waals surface area (Å²) in [6.45, 7) is 6.48. The van der Waals surface area contributed by atoms with Gasteiger partial charge in [-0.1, -0.05) is 41.4 Å². The van der Waals surface area contributed by atoms with E-state index >= 15 is 4.39 Å². The number of benzene rings is 2. The molecular formula is C31H33Cl2FN2O6S2. The molecule has 1 amide bonds. The van der Waals surface area contributed by atoms with E-state index in [1.807, 2.05) is 0 Å². The number of carboxylic acids is 1. The quantitative estimate of drug-likeness (QED) is 0.261. The van der Waals surface area contributed by atoms with Gasteiger partial charge in [-0.05, 0) is 81.8 Å². The van der Waals surface area contributed by atoms with E-state index in [-0.39, 0.29) is 28.0 Å². The lowest BCUT2D eigenvalue weighted by molar-refractivity contribution is -0.202. The average Bonchev–Trinajstić information content (AvgIpc) is 3.67. The number of carbonyl (C=O) groups is 2. The van der Waals surface area contributed by atoms with Gasteiger partial charge < -0.3 is 14.7 Å². The standard InChI is InChI=1S/C31H33Cl2FN2O6S2/c1-30(2,3)44(40,41)16-23(17-8-9-17)36-26(18-10-11-21(33)22(34)13-18)27(19-6-5-7-20(32)12-19)42-31(4,29(36)39)14-25-35-15-24(43-25)28(37)38/h5-7,10-13,15,17,23,26-27H,8-9,14,16H2,1-4H3,(H,37,38). The van der Waals surface area contributed by atoms with Crippen LogP contribution in [0.2, 0.25) is 10.0 Å². The number of amides is 1. The van der Waals surface area contributed by atoms with E-state index in [1.165, 1.54) is 18.3 Å². The third-order valence-electron chi connectivity index (χ3n) is 8.22. The van der Waals surface area contributed by atoms with Gasteiger partial charge in [0.05, 0.1) is 32.8 Å². The number of halogens is 3. The molecule has 4 unspecified atom stereocenters. The van der Waals surface area contributed by atoms with Gasteiger partial charge in [-0.15, -0.1) is 11.3 Å². The van der Waals surface area contributed by atoms with E-state index in [4.69, 9.17) is 27.9 Å². The minimum absolute atomic E-state index is 0.0109. The first-order valence-electron chi connectivity index (χ1n) is 14.1. The minimum atomic E-state index is -3.71. The molecule has 5 rings (SSSR count). The summed E-state index contributed by atoms with van der Waals surface area (Å²) in [5.74, 6) is -2.72. The molecule has 2 aliphatic rings. The Morgan fingerprint density at radius 1 is 1.20 bits per heavy atom. The van der Waals surface area contributed by atoms with Crippen molar-refractivity contribution in [2.75, 3.05) is 5.75 Å². The summed E-state index contributed by atoms with van der Waals surface area (Å²) in [7, 11) is -3.71. The maximum atomic E-state index is 15.0. The molecule has 13 heteroatoms. The van der Waals surface area contributed by atoms with Crippen LogP contribution in [0.1, 0.15) is 78.5 Å². The van der Waals surface area contributed by atoms with Crippen LogP contribution in [0.5, 0.6) is 0 Å². The molecule has 2 fully saturated rings. The van der Waals surface area contributed by atoms with Crippen LogP contribution >= 0.6 is 34.5 Å². The van der Waals surface area contributed by atoms with Crippen molar-refractivity contribution in [3.8, 4) is 0 Å². The highest BCUT2D eigenvalue weighted by molar-refractivity contribution is 7.92. The van der Waals surface area contributed by atoms with E-state index in [2.05, 4.69) is 4.98 Å². The third kappa shape index (κ3) is 6.53. The molecule has 2 heterocycles. The van der Waals surface area contributed by atoms with Gasteiger partial charge in [-0.2, -0.15) is 0 Å². The van der Waals surface area contributed by atoms with Crippen LogP contribution < -0.4 is 0 Å². The first kappa shape index (κ1) is 32.8. The molecule has 1 aliphatic heterocycles. The third-order valence-corrected chi connectivity index (χ3v) is 12.4. The van der Waals surface area contributed by atoms with Crippen LogP contribution in [0.15, 0.2) is 48.7 Å². The first-order chi connectivity index (χ1) is 20.5. The van der Waals surface area contributed by atoms with Gasteiger partial charge in [0.2, 0.25) is 0 Å². The smallest absolute Gasteiger partial charge is 0.347 e. The number of carboxylic acid groups (broad SMARTS) is 1. The van der Waals surface area contributed by atoms with E-state index in [1.54, 1.807) is 62.9 Å². The molecule has 1 N–H and O–H groups in total. The van der Waals surface area contributed by atoms with E-state index in [0.29, 0.717) is 21.2 Å². The summed E-state index contributed by atoms with van der Waals surface area (Å²) in [5.41, 5.74) is -0.602. The van der Waals surface area contributed by atoms with Crippen molar-refractivity contribution < 1.29 is 32.2 Å². The lowest BCUT2D eigenvalue weighted by Crippen LogP contribution is -2.62. The second-order valence-corrected chi connectivity index (χ2v) is 17.3. The zero-order chi connectivity index (χ0) is 32.2. The largest absolute Gasteiger partial charge is 0.477 e. The fraction of sp³-hybridized carbons (Fsp3) is 0.452. The molecule has 1 aromatic heterocycles. The van der Waals surface area contributed by atoms with Crippen molar-refractivity contribution in [1.82, 2.24) is 9.88 Å². The summed E-state index contributed by atoms with van der Waals surface area (Å²) in [6, 6.07) is 9.50. The fourth-order valence-electron chi connectivity index (χ4n) is 5.56. The van der Waals surface area contributed by atoms with Crippen LogP contribution in [-0.4, -0.2) is 57.4 Å². The van der Waals surface area contributed by atoms with Gasteiger partial charge in [0.1, 0.15) is 16.8 Å². The van der Waals surface area contributed by atoms with Gasteiger partial charge in [0.15, 0.2) is 15.4 Å². The van der Waals surface area contributed by atoms with E-state index < -0.39 is 56.1 Å².